The molecule has 0 saturated carbocycles. The van der Waals surface area contributed by atoms with E-state index in [1.807, 2.05) is 37.6 Å². The molecule has 0 bridgehead atoms. The molecule has 0 aromatic rings. The van der Waals surface area contributed by atoms with Gasteiger partial charge in [-0.25, -0.2) is 0 Å². The molecule has 1 radical (unpaired) electrons. The number of halogens is 1. The van der Waals surface area contributed by atoms with Gasteiger partial charge in [-0.15, -0.1) is 11.6 Å². The van der Waals surface area contributed by atoms with Crippen LogP contribution in [0.2, 0.25) is 0 Å². The minimum atomic E-state index is -0.594. The van der Waals surface area contributed by atoms with Gasteiger partial charge in [0.05, 0.1) is 16.9 Å². The van der Waals surface area contributed by atoms with Crippen LogP contribution in [0.25, 0.3) is 0 Å². The monoisotopic (exact) mass is 166 g/mol. The minimum Gasteiger partial charge on any atom is -0.198 e. The van der Waals surface area contributed by atoms with E-state index in [4.69, 9.17) is 16.9 Å². The molecule has 1 rings (SSSR count). The molecule has 0 amide bonds. The van der Waals surface area contributed by atoms with Crippen molar-refractivity contribution in [3.8, 4) is 6.07 Å². The lowest BCUT2D eigenvalue weighted by atomic mass is 9.88. The number of allylic oxidation sites excluding steroid dienone is 4. The summed E-state index contributed by atoms with van der Waals surface area (Å²) in [6.07, 6.45) is 9.29. The lowest BCUT2D eigenvalue weighted by Gasteiger charge is -2.25. The third kappa shape index (κ3) is 1.64. The molecule has 1 aliphatic rings. The van der Waals surface area contributed by atoms with Gasteiger partial charge in [-0.1, -0.05) is 24.3 Å². The highest BCUT2D eigenvalue weighted by atomic mass is 35.5. The fourth-order valence-corrected chi connectivity index (χ4v) is 1.11. The molecule has 0 heterocycles. The van der Waals surface area contributed by atoms with Crippen molar-refractivity contribution in [2.24, 2.45) is 5.92 Å². The first-order valence-corrected chi connectivity index (χ1v) is 3.86. The molecule has 0 saturated heterocycles. The zero-order valence-electron chi connectivity index (χ0n) is 6.29. The standard InChI is InChI=1S/C9H9ClN/c1-8(7-11)9(10)5-3-2-4-6-9/h2-6,8H,1H3. The number of alkyl halides is 1. The van der Waals surface area contributed by atoms with Gasteiger partial charge in [-0.3, -0.25) is 0 Å². The van der Waals surface area contributed by atoms with E-state index in [0.29, 0.717) is 0 Å². The predicted octanol–water partition coefficient (Wildman–Crippen LogP) is 2.45. The van der Waals surface area contributed by atoms with Crippen molar-refractivity contribution >= 4 is 11.6 Å². The summed E-state index contributed by atoms with van der Waals surface area (Å²) in [6, 6.07) is 2.13. The highest BCUT2D eigenvalue weighted by molar-refractivity contribution is 6.27. The quantitative estimate of drug-likeness (QED) is 0.549. The van der Waals surface area contributed by atoms with Crippen LogP contribution in [0.3, 0.4) is 0 Å². The van der Waals surface area contributed by atoms with Crippen LogP contribution in [-0.2, 0) is 0 Å². The fourth-order valence-electron chi connectivity index (χ4n) is 0.913. The Bertz CT molecular complexity index is 236. The number of nitriles is 1. The van der Waals surface area contributed by atoms with Crippen LogP contribution in [0.4, 0.5) is 0 Å². The SMILES string of the molecule is CC(C#N)C1(Cl)[CH]C=CC=C1. The lowest BCUT2D eigenvalue weighted by Crippen LogP contribution is -2.27. The number of nitrogens with zero attached hydrogens (tertiary/aromatic N) is 1. The first kappa shape index (κ1) is 8.36. The molecular formula is C9H9ClN. The van der Waals surface area contributed by atoms with Gasteiger partial charge in [-0.2, -0.15) is 5.26 Å². The van der Waals surface area contributed by atoms with Crippen molar-refractivity contribution in [1.29, 1.82) is 5.26 Å². The van der Waals surface area contributed by atoms with E-state index >= 15 is 0 Å². The first-order valence-electron chi connectivity index (χ1n) is 3.48. The molecule has 0 spiro atoms. The van der Waals surface area contributed by atoms with Gasteiger partial charge in [0.1, 0.15) is 0 Å². The number of hydrogen-bond acceptors (Lipinski definition) is 1. The van der Waals surface area contributed by atoms with E-state index < -0.39 is 4.87 Å². The molecule has 2 unspecified atom stereocenters. The van der Waals surface area contributed by atoms with Crippen LogP contribution in [0.5, 0.6) is 0 Å². The average Bonchev–Trinajstić information content (AvgIpc) is 2.04. The lowest BCUT2D eigenvalue weighted by molar-refractivity contribution is 0.634. The van der Waals surface area contributed by atoms with E-state index in [9.17, 15) is 0 Å². The van der Waals surface area contributed by atoms with Crippen LogP contribution < -0.4 is 0 Å². The third-order valence-corrected chi connectivity index (χ3v) is 2.36. The molecule has 11 heavy (non-hydrogen) atoms. The van der Waals surface area contributed by atoms with Crippen molar-refractivity contribution < 1.29 is 0 Å². The summed E-state index contributed by atoms with van der Waals surface area (Å²) in [6.45, 7) is 1.81. The van der Waals surface area contributed by atoms with Gasteiger partial charge in [0.2, 0.25) is 0 Å². The molecular weight excluding hydrogens is 158 g/mol. The minimum absolute atomic E-state index is 0.189. The maximum Gasteiger partial charge on any atom is 0.0852 e. The van der Waals surface area contributed by atoms with Gasteiger partial charge < -0.3 is 0 Å². The topological polar surface area (TPSA) is 23.8 Å². The molecule has 0 aromatic carbocycles. The average molecular weight is 167 g/mol. The summed E-state index contributed by atoms with van der Waals surface area (Å²) >= 11 is 6.11. The van der Waals surface area contributed by atoms with E-state index in [1.165, 1.54) is 0 Å². The normalized spacial score (nSPS) is 31.4. The highest BCUT2D eigenvalue weighted by Crippen LogP contribution is 2.32. The Kier molecular flexibility index (Phi) is 2.36. The fraction of sp³-hybridized carbons (Fsp3) is 0.333. The Labute approximate surface area is 72.0 Å². The Balaban J connectivity index is 2.77. The smallest absolute Gasteiger partial charge is 0.0852 e. The summed E-state index contributed by atoms with van der Waals surface area (Å²) in [5, 5.41) is 8.64. The molecule has 2 atom stereocenters. The molecule has 1 nitrogen and oxygen atoms in total. The van der Waals surface area contributed by atoms with Gasteiger partial charge in [0.25, 0.3) is 0 Å². The third-order valence-electron chi connectivity index (χ3n) is 1.78. The molecule has 1 aliphatic carbocycles. The second kappa shape index (κ2) is 3.11. The zero-order chi connectivity index (χ0) is 8.32. The number of rotatable bonds is 1. The van der Waals surface area contributed by atoms with Crippen molar-refractivity contribution in [2.45, 2.75) is 11.8 Å². The highest BCUT2D eigenvalue weighted by Gasteiger charge is 2.31. The zero-order valence-corrected chi connectivity index (χ0v) is 7.05. The van der Waals surface area contributed by atoms with Gasteiger partial charge in [-0.05, 0) is 6.92 Å². The molecule has 57 valence electrons. The van der Waals surface area contributed by atoms with E-state index in [1.54, 1.807) is 0 Å². The largest absolute Gasteiger partial charge is 0.198 e. The second-order valence-corrected chi connectivity index (χ2v) is 3.24. The summed E-state index contributed by atoms with van der Waals surface area (Å²) in [5.41, 5.74) is 0. The summed E-state index contributed by atoms with van der Waals surface area (Å²) in [5.74, 6) is -0.189. The predicted molar refractivity (Wildman–Crippen MR) is 45.9 cm³/mol. The summed E-state index contributed by atoms with van der Waals surface area (Å²) in [7, 11) is 0. The van der Waals surface area contributed by atoms with Crippen LogP contribution in [0.15, 0.2) is 24.3 Å². The van der Waals surface area contributed by atoms with Crippen molar-refractivity contribution in [1.82, 2.24) is 0 Å². The van der Waals surface area contributed by atoms with Crippen LogP contribution in [0, 0.1) is 23.7 Å². The van der Waals surface area contributed by atoms with Gasteiger partial charge in [0, 0.05) is 6.42 Å². The summed E-state index contributed by atoms with van der Waals surface area (Å²) in [4.78, 5) is -0.594. The Morgan fingerprint density at radius 3 is 2.64 bits per heavy atom. The van der Waals surface area contributed by atoms with Crippen molar-refractivity contribution in [3.63, 3.8) is 0 Å². The molecule has 0 aliphatic heterocycles. The Morgan fingerprint density at radius 1 is 1.45 bits per heavy atom. The maximum absolute atomic E-state index is 8.64. The number of hydrogen-bond donors (Lipinski definition) is 0. The van der Waals surface area contributed by atoms with Crippen LogP contribution in [-0.4, -0.2) is 4.87 Å². The summed E-state index contributed by atoms with van der Waals surface area (Å²) < 4.78 is 0. The Morgan fingerprint density at radius 2 is 2.18 bits per heavy atom. The van der Waals surface area contributed by atoms with Gasteiger partial charge in [0.15, 0.2) is 0 Å². The molecule has 0 aromatic heterocycles. The second-order valence-electron chi connectivity index (χ2n) is 2.59. The van der Waals surface area contributed by atoms with E-state index in [2.05, 4.69) is 6.07 Å². The van der Waals surface area contributed by atoms with E-state index in [-0.39, 0.29) is 5.92 Å². The maximum atomic E-state index is 8.64. The first-order chi connectivity index (χ1) is 5.19. The van der Waals surface area contributed by atoms with Crippen LogP contribution in [0.1, 0.15) is 6.92 Å². The van der Waals surface area contributed by atoms with Crippen molar-refractivity contribution in [3.05, 3.63) is 30.7 Å². The molecule has 0 N–H and O–H groups in total. The van der Waals surface area contributed by atoms with Crippen molar-refractivity contribution in [2.75, 3.05) is 0 Å². The van der Waals surface area contributed by atoms with Crippen LogP contribution >= 0.6 is 11.6 Å². The van der Waals surface area contributed by atoms with Gasteiger partial charge >= 0.3 is 0 Å². The molecule has 2 heteroatoms. The van der Waals surface area contributed by atoms with E-state index in [0.717, 1.165) is 0 Å². The Hall–Kier alpha value is -0.740. The molecule has 0 fully saturated rings.